The Kier molecular flexibility index (Phi) is 10.2. The molecule has 3 N–H and O–H groups in total. The third-order valence-electron chi connectivity index (χ3n) is 7.59. The number of β-amino-alcohol motifs (C(OH)–C–C–N with tert-alkyl or cyclic N) is 1. The minimum absolute atomic E-state index is 0.0364. The van der Waals surface area contributed by atoms with Gasteiger partial charge in [-0.15, -0.1) is 11.3 Å². The average Bonchev–Trinajstić information content (AvgIpc) is 3.55. The minimum atomic E-state index is -0.853. The van der Waals surface area contributed by atoms with Crippen molar-refractivity contribution in [2.75, 3.05) is 6.54 Å². The Morgan fingerprint density at radius 2 is 1.86 bits per heavy atom. The van der Waals surface area contributed by atoms with Gasteiger partial charge in [0.15, 0.2) is 0 Å². The number of hydrogen-bond acceptors (Lipinski definition) is 6. The number of nitrogens with one attached hydrogen (secondary N) is 2. The fourth-order valence-electron chi connectivity index (χ4n) is 5.20. The molecule has 0 aliphatic carbocycles. The fourth-order valence-corrected chi connectivity index (χ4v) is 6.46. The Morgan fingerprint density at radius 3 is 2.48 bits per heavy atom. The van der Waals surface area contributed by atoms with Gasteiger partial charge in [-0.25, -0.2) is 4.98 Å². The number of aromatic nitrogens is 1. The zero-order valence-corrected chi connectivity index (χ0v) is 27.1. The highest BCUT2D eigenvalue weighted by atomic mass is 79.9. The van der Waals surface area contributed by atoms with Crippen molar-refractivity contribution in [3.05, 3.63) is 75.3 Å². The highest BCUT2D eigenvalue weighted by Gasteiger charge is 2.44. The van der Waals surface area contributed by atoms with E-state index >= 15 is 0 Å². The number of benzene rings is 2. The normalized spacial score (nSPS) is 18.4. The number of halogens is 1. The van der Waals surface area contributed by atoms with E-state index in [2.05, 4.69) is 31.5 Å². The van der Waals surface area contributed by atoms with E-state index < -0.39 is 23.6 Å². The zero-order chi connectivity index (χ0) is 30.6. The Bertz CT molecular complexity index is 1420. The molecule has 224 valence electrons. The highest BCUT2D eigenvalue weighted by Crippen LogP contribution is 2.29. The van der Waals surface area contributed by atoms with Crippen molar-refractivity contribution in [2.45, 2.75) is 78.1 Å². The number of thiazole rings is 1. The smallest absolute Gasteiger partial charge is 0.246 e. The molecule has 8 nitrogen and oxygen atoms in total. The van der Waals surface area contributed by atoms with Crippen LogP contribution in [0.1, 0.15) is 63.4 Å². The second-order valence-corrected chi connectivity index (χ2v) is 13.8. The maximum Gasteiger partial charge on any atom is 0.246 e. The summed E-state index contributed by atoms with van der Waals surface area (Å²) in [4.78, 5) is 47.1. The summed E-state index contributed by atoms with van der Waals surface area (Å²) in [5.74, 6) is -0.940. The molecule has 1 aliphatic heterocycles. The van der Waals surface area contributed by atoms with E-state index in [4.69, 9.17) is 0 Å². The van der Waals surface area contributed by atoms with Gasteiger partial charge >= 0.3 is 0 Å². The van der Waals surface area contributed by atoms with Gasteiger partial charge < -0.3 is 20.6 Å². The topological polar surface area (TPSA) is 112 Å². The van der Waals surface area contributed by atoms with Crippen molar-refractivity contribution in [3.8, 4) is 10.4 Å². The first kappa shape index (κ1) is 31.8. The number of amides is 3. The van der Waals surface area contributed by atoms with Crippen LogP contribution in [-0.2, 0) is 20.8 Å². The molecule has 2 aromatic carbocycles. The number of nitrogens with zero attached hydrogens (tertiary/aromatic N) is 2. The molecule has 1 saturated heterocycles. The number of aliphatic hydroxyl groups excluding tert-OH is 1. The number of carbonyl (C=O) groups excluding carboxylic acids is 3. The molecular formula is C32H39BrN4O4S. The molecule has 1 aliphatic rings. The van der Waals surface area contributed by atoms with Gasteiger partial charge in [-0.2, -0.15) is 0 Å². The van der Waals surface area contributed by atoms with Crippen LogP contribution in [0.2, 0.25) is 0 Å². The maximum absolute atomic E-state index is 13.8. The molecule has 1 fully saturated rings. The van der Waals surface area contributed by atoms with Crippen LogP contribution in [0.4, 0.5) is 0 Å². The van der Waals surface area contributed by atoms with Crippen molar-refractivity contribution < 1.29 is 19.5 Å². The Balaban J connectivity index is 1.42. The molecule has 0 radical (unpaired) electrons. The predicted molar refractivity (Wildman–Crippen MR) is 169 cm³/mol. The van der Waals surface area contributed by atoms with Crippen molar-refractivity contribution in [3.63, 3.8) is 0 Å². The van der Waals surface area contributed by atoms with Crippen LogP contribution in [0.5, 0.6) is 0 Å². The summed E-state index contributed by atoms with van der Waals surface area (Å²) in [5, 5.41) is 16.4. The number of aliphatic hydroxyl groups is 1. The second-order valence-electron chi connectivity index (χ2n) is 12.0. The van der Waals surface area contributed by atoms with Gasteiger partial charge in [0.25, 0.3) is 0 Å². The lowest BCUT2D eigenvalue weighted by Gasteiger charge is -2.35. The molecule has 0 bridgehead atoms. The van der Waals surface area contributed by atoms with Gasteiger partial charge in [-0.1, -0.05) is 73.1 Å². The SMILES string of the molecule is Cc1ncsc1-c1ccc([C@H](C)NC(=O)[C@@H]2C[C@@H](O)CN2C(=O)[C@@H](NC(=O)CCc2cccc(Br)c2)C(C)(C)C)cc1. The third-order valence-corrected chi connectivity index (χ3v) is 9.06. The van der Waals surface area contributed by atoms with E-state index in [1.165, 1.54) is 4.90 Å². The molecule has 3 aromatic rings. The second kappa shape index (κ2) is 13.5. The molecule has 0 saturated carbocycles. The van der Waals surface area contributed by atoms with Gasteiger partial charge in [0, 0.05) is 23.9 Å². The van der Waals surface area contributed by atoms with Crippen LogP contribution in [0.3, 0.4) is 0 Å². The Labute approximate surface area is 260 Å². The van der Waals surface area contributed by atoms with Crippen LogP contribution in [0.25, 0.3) is 10.4 Å². The Hall–Kier alpha value is -3.08. The molecule has 2 heterocycles. The average molecular weight is 656 g/mol. The molecule has 10 heteroatoms. The van der Waals surface area contributed by atoms with Crippen LogP contribution in [-0.4, -0.2) is 57.4 Å². The van der Waals surface area contributed by atoms with Gasteiger partial charge in [0.1, 0.15) is 12.1 Å². The first-order valence-electron chi connectivity index (χ1n) is 14.2. The van der Waals surface area contributed by atoms with E-state index in [0.29, 0.717) is 6.42 Å². The quantitative estimate of drug-likeness (QED) is 0.294. The summed E-state index contributed by atoms with van der Waals surface area (Å²) in [7, 11) is 0. The molecule has 1 aromatic heterocycles. The van der Waals surface area contributed by atoms with Crippen LogP contribution in [0.15, 0.2) is 58.5 Å². The lowest BCUT2D eigenvalue weighted by Crippen LogP contribution is -2.57. The summed E-state index contributed by atoms with van der Waals surface area (Å²) in [6, 6.07) is 13.8. The predicted octanol–water partition coefficient (Wildman–Crippen LogP) is 5.18. The molecular weight excluding hydrogens is 616 g/mol. The number of aryl methyl sites for hydroxylation is 2. The van der Waals surface area contributed by atoms with Crippen LogP contribution in [0, 0.1) is 12.3 Å². The van der Waals surface area contributed by atoms with Crippen molar-refractivity contribution >= 4 is 45.0 Å². The van der Waals surface area contributed by atoms with Crippen LogP contribution < -0.4 is 10.6 Å². The monoisotopic (exact) mass is 654 g/mol. The number of carbonyl (C=O) groups is 3. The first-order valence-corrected chi connectivity index (χ1v) is 15.8. The summed E-state index contributed by atoms with van der Waals surface area (Å²) < 4.78 is 0.942. The number of hydrogen-bond donors (Lipinski definition) is 3. The molecule has 3 amide bonds. The zero-order valence-electron chi connectivity index (χ0n) is 24.7. The van der Waals surface area contributed by atoms with Gasteiger partial charge in [0.2, 0.25) is 17.7 Å². The maximum atomic E-state index is 13.8. The van der Waals surface area contributed by atoms with E-state index in [1.54, 1.807) is 11.3 Å². The van der Waals surface area contributed by atoms with Gasteiger partial charge in [-0.05, 0) is 54.5 Å². The molecule has 4 atom stereocenters. The third kappa shape index (κ3) is 7.85. The standard InChI is InChI=1S/C32H39BrN4O4S/c1-19(22-10-12-23(13-11-22)28-20(2)34-18-42-28)35-30(40)26-16-25(38)17-37(26)31(41)29(32(3,4)5)36-27(39)14-9-21-7-6-8-24(33)15-21/h6-8,10-13,15,18-19,25-26,29,38H,9,14,16-17H2,1-5H3,(H,35,40)(H,36,39)/t19-,25+,26-,29+/m0/s1. The highest BCUT2D eigenvalue weighted by molar-refractivity contribution is 9.10. The fraction of sp³-hybridized carbons (Fsp3) is 0.438. The molecule has 4 rings (SSSR count). The molecule has 0 unspecified atom stereocenters. The lowest BCUT2D eigenvalue weighted by molar-refractivity contribution is -0.144. The largest absolute Gasteiger partial charge is 0.391 e. The van der Waals surface area contributed by atoms with Crippen molar-refractivity contribution in [2.24, 2.45) is 5.41 Å². The van der Waals surface area contributed by atoms with E-state index in [0.717, 1.165) is 31.7 Å². The van der Waals surface area contributed by atoms with Crippen molar-refractivity contribution in [1.82, 2.24) is 20.5 Å². The summed E-state index contributed by atoms with van der Waals surface area (Å²) in [6.45, 7) is 9.55. The summed E-state index contributed by atoms with van der Waals surface area (Å²) in [5.41, 5.74) is 5.20. The van der Waals surface area contributed by atoms with Crippen LogP contribution >= 0.6 is 27.3 Å². The van der Waals surface area contributed by atoms with E-state index in [1.807, 2.05) is 88.7 Å². The van der Waals surface area contributed by atoms with Gasteiger partial charge in [-0.3, -0.25) is 14.4 Å². The molecule has 42 heavy (non-hydrogen) atoms. The summed E-state index contributed by atoms with van der Waals surface area (Å²) in [6.07, 6.45) is 0.0743. The number of likely N-dealkylation sites (tertiary alicyclic amines) is 1. The van der Waals surface area contributed by atoms with Crippen molar-refractivity contribution in [1.29, 1.82) is 0 Å². The van der Waals surface area contributed by atoms with E-state index in [9.17, 15) is 19.5 Å². The number of rotatable bonds is 9. The summed E-state index contributed by atoms with van der Waals surface area (Å²) >= 11 is 5.04. The Morgan fingerprint density at radius 1 is 1.14 bits per heavy atom. The van der Waals surface area contributed by atoms with E-state index in [-0.39, 0.29) is 43.1 Å². The minimum Gasteiger partial charge on any atom is -0.391 e. The first-order chi connectivity index (χ1) is 19.8. The van der Waals surface area contributed by atoms with Gasteiger partial charge in [0.05, 0.1) is 28.2 Å². The lowest BCUT2D eigenvalue weighted by atomic mass is 9.85. The molecule has 0 spiro atoms.